The van der Waals surface area contributed by atoms with E-state index in [2.05, 4.69) is 5.32 Å². The molecule has 0 unspecified atom stereocenters. The zero-order valence-corrected chi connectivity index (χ0v) is 12.1. The average molecular weight is 291 g/mol. The second-order valence-corrected chi connectivity index (χ2v) is 4.02. The molecule has 0 radical (unpaired) electrons. The maximum absolute atomic E-state index is 11.3. The third-order valence-corrected chi connectivity index (χ3v) is 2.31. The number of amides is 1. The first-order chi connectivity index (χ1) is 9.66. The first kappa shape index (κ1) is 18.8. The van der Waals surface area contributed by atoms with Crippen LogP contribution < -0.4 is 5.32 Å². The summed E-state index contributed by atoms with van der Waals surface area (Å²) in [7, 11) is 0. The molecular formula is C13H25NO6. The topological polar surface area (TPSA) is 94.1 Å². The number of ether oxygens (including phenoxy) is 3. The van der Waals surface area contributed by atoms with Gasteiger partial charge in [-0.15, -0.1) is 0 Å². The van der Waals surface area contributed by atoms with Crippen molar-refractivity contribution in [1.82, 2.24) is 5.32 Å². The molecule has 118 valence electrons. The summed E-state index contributed by atoms with van der Waals surface area (Å²) in [5, 5.41) is 11.1. The number of carboxylic acids is 1. The van der Waals surface area contributed by atoms with E-state index in [0.29, 0.717) is 52.6 Å². The van der Waals surface area contributed by atoms with Gasteiger partial charge >= 0.3 is 5.97 Å². The predicted octanol–water partition coefficient (Wildman–Crippen LogP) is 0.427. The van der Waals surface area contributed by atoms with Crippen LogP contribution in [0.15, 0.2) is 0 Å². The van der Waals surface area contributed by atoms with E-state index in [1.807, 2.05) is 6.92 Å². The Labute approximate surface area is 119 Å². The van der Waals surface area contributed by atoms with Gasteiger partial charge in [0.05, 0.1) is 33.0 Å². The first-order valence-corrected chi connectivity index (χ1v) is 6.88. The van der Waals surface area contributed by atoms with Gasteiger partial charge in [-0.05, 0) is 13.3 Å². The summed E-state index contributed by atoms with van der Waals surface area (Å²) >= 11 is 0. The lowest BCUT2D eigenvalue weighted by Crippen LogP contribution is -2.27. The fourth-order valence-electron chi connectivity index (χ4n) is 1.34. The van der Waals surface area contributed by atoms with Crippen LogP contribution in [-0.2, 0) is 23.8 Å². The summed E-state index contributed by atoms with van der Waals surface area (Å²) in [4.78, 5) is 21.5. The Morgan fingerprint density at radius 3 is 2.15 bits per heavy atom. The number of nitrogens with one attached hydrogen (secondary N) is 1. The van der Waals surface area contributed by atoms with Gasteiger partial charge < -0.3 is 24.6 Å². The lowest BCUT2D eigenvalue weighted by Gasteiger charge is -2.07. The molecule has 0 heterocycles. The highest BCUT2D eigenvalue weighted by molar-refractivity contribution is 5.76. The summed E-state index contributed by atoms with van der Waals surface area (Å²) in [6, 6.07) is 0. The number of rotatable bonds is 14. The van der Waals surface area contributed by atoms with Crippen LogP contribution in [0.25, 0.3) is 0 Å². The van der Waals surface area contributed by atoms with Gasteiger partial charge in [-0.1, -0.05) is 0 Å². The van der Waals surface area contributed by atoms with E-state index >= 15 is 0 Å². The molecule has 20 heavy (non-hydrogen) atoms. The number of aliphatic carboxylic acids is 1. The molecule has 0 atom stereocenters. The van der Waals surface area contributed by atoms with E-state index < -0.39 is 5.97 Å². The molecule has 0 aliphatic rings. The minimum absolute atomic E-state index is 0.0169. The molecule has 2 N–H and O–H groups in total. The van der Waals surface area contributed by atoms with Crippen molar-refractivity contribution < 1.29 is 28.9 Å². The molecule has 1 amide bonds. The van der Waals surface area contributed by atoms with Gasteiger partial charge in [0.1, 0.15) is 0 Å². The Morgan fingerprint density at radius 1 is 0.950 bits per heavy atom. The Hall–Kier alpha value is -1.18. The molecule has 0 rings (SSSR count). The average Bonchev–Trinajstić information content (AvgIpc) is 2.40. The summed E-state index contributed by atoms with van der Waals surface area (Å²) in [6.07, 6.45) is 0.603. The number of hydrogen-bond acceptors (Lipinski definition) is 5. The summed E-state index contributed by atoms with van der Waals surface area (Å²) in [5.41, 5.74) is 0. The van der Waals surface area contributed by atoms with Crippen LogP contribution in [0.2, 0.25) is 0 Å². The van der Waals surface area contributed by atoms with Gasteiger partial charge in [0.2, 0.25) is 5.91 Å². The van der Waals surface area contributed by atoms with Gasteiger partial charge in [0, 0.05) is 26.0 Å². The fraction of sp³-hybridized carbons (Fsp3) is 0.846. The Bertz CT molecular complexity index is 259. The van der Waals surface area contributed by atoms with Crippen molar-refractivity contribution in [2.24, 2.45) is 0 Å². The van der Waals surface area contributed by atoms with E-state index in [0.717, 1.165) is 0 Å². The van der Waals surface area contributed by atoms with Crippen molar-refractivity contribution in [3.8, 4) is 0 Å². The van der Waals surface area contributed by atoms with Gasteiger partial charge in [-0.2, -0.15) is 0 Å². The van der Waals surface area contributed by atoms with Crippen molar-refractivity contribution >= 4 is 11.9 Å². The number of carbonyl (C=O) groups excluding carboxylic acids is 1. The van der Waals surface area contributed by atoms with Crippen molar-refractivity contribution in [2.45, 2.75) is 26.2 Å². The zero-order chi connectivity index (χ0) is 15.1. The van der Waals surface area contributed by atoms with Crippen molar-refractivity contribution in [3.63, 3.8) is 0 Å². The predicted molar refractivity (Wildman–Crippen MR) is 72.6 cm³/mol. The lowest BCUT2D eigenvalue weighted by atomic mass is 10.2. The van der Waals surface area contributed by atoms with E-state index in [1.54, 1.807) is 0 Å². The normalized spacial score (nSPS) is 10.4. The van der Waals surface area contributed by atoms with Gasteiger partial charge in [-0.3, -0.25) is 9.59 Å². The summed E-state index contributed by atoms with van der Waals surface area (Å²) in [5.74, 6) is -1.03. The molecule has 0 saturated heterocycles. The molecule has 0 bridgehead atoms. The second kappa shape index (κ2) is 14.2. The smallest absolute Gasteiger partial charge is 0.303 e. The quantitative estimate of drug-likeness (QED) is 0.451. The SMILES string of the molecule is CCOCCOCCOCCNC(=O)CCCC(=O)O. The van der Waals surface area contributed by atoms with Crippen molar-refractivity contribution in [2.75, 3.05) is 46.2 Å². The van der Waals surface area contributed by atoms with Crippen LogP contribution in [0, 0.1) is 0 Å². The zero-order valence-electron chi connectivity index (χ0n) is 12.1. The minimum Gasteiger partial charge on any atom is -0.481 e. The number of hydrogen-bond donors (Lipinski definition) is 2. The van der Waals surface area contributed by atoms with E-state index in [4.69, 9.17) is 19.3 Å². The van der Waals surface area contributed by atoms with Crippen LogP contribution in [0.1, 0.15) is 26.2 Å². The molecule has 0 aromatic carbocycles. The molecule has 0 aromatic heterocycles. The number of carboxylic acid groups (broad SMARTS) is 1. The molecule has 0 aromatic rings. The van der Waals surface area contributed by atoms with E-state index in [1.165, 1.54) is 0 Å². The largest absolute Gasteiger partial charge is 0.481 e. The highest BCUT2D eigenvalue weighted by atomic mass is 16.5. The third kappa shape index (κ3) is 14.9. The first-order valence-electron chi connectivity index (χ1n) is 6.88. The Kier molecular flexibility index (Phi) is 13.4. The third-order valence-electron chi connectivity index (χ3n) is 2.31. The highest BCUT2D eigenvalue weighted by Crippen LogP contribution is 1.94. The molecule has 0 saturated carbocycles. The summed E-state index contributed by atoms with van der Waals surface area (Å²) < 4.78 is 15.6. The molecule has 7 heteroatoms. The van der Waals surface area contributed by atoms with Crippen LogP contribution in [0.5, 0.6) is 0 Å². The van der Waals surface area contributed by atoms with Gasteiger partial charge in [0.25, 0.3) is 0 Å². The summed E-state index contributed by atoms with van der Waals surface area (Å²) in [6.45, 7) is 5.57. The van der Waals surface area contributed by atoms with E-state index in [-0.39, 0.29) is 18.7 Å². The van der Waals surface area contributed by atoms with Gasteiger partial charge in [-0.25, -0.2) is 0 Å². The van der Waals surface area contributed by atoms with Gasteiger partial charge in [0.15, 0.2) is 0 Å². The number of carbonyl (C=O) groups is 2. The monoisotopic (exact) mass is 291 g/mol. The van der Waals surface area contributed by atoms with Crippen LogP contribution >= 0.6 is 0 Å². The second-order valence-electron chi connectivity index (χ2n) is 4.02. The van der Waals surface area contributed by atoms with E-state index in [9.17, 15) is 9.59 Å². The lowest BCUT2D eigenvalue weighted by molar-refractivity contribution is -0.137. The van der Waals surface area contributed by atoms with Crippen LogP contribution in [-0.4, -0.2) is 63.2 Å². The molecular weight excluding hydrogens is 266 g/mol. The standard InChI is InChI=1S/C13H25NO6/c1-2-18-8-9-20-11-10-19-7-6-14-12(15)4-3-5-13(16)17/h2-11H2,1H3,(H,14,15)(H,16,17). The maximum atomic E-state index is 11.3. The van der Waals surface area contributed by atoms with Crippen LogP contribution in [0.4, 0.5) is 0 Å². The molecule has 0 aliphatic heterocycles. The molecule has 0 spiro atoms. The van der Waals surface area contributed by atoms with Crippen molar-refractivity contribution in [1.29, 1.82) is 0 Å². The maximum Gasteiger partial charge on any atom is 0.303 e. The fourth-order valence-corrected chi connectivity index (χ4v) is 1.34. The Balaban J connectivity index is 3.15. The molecule has 7 nitrogen and oxygen atoms in total. The Morgan fingerprint density at radius 2 is 1.55 bits per heavy atom. The van der Waals surface area contributed by atoms with Crippen molar-refractivity contribution in [3.05, 3.63) is 0 Å². The molecule has 0 aliphatic carbocycles. The van der Waals surface area contributed by atoms with Crippen LogP contribution in [0.3, 0.4) is 0 Å². The highest BCUT2D eigenvalue weighted by Gasteiger charge is 2.02. The minimum atomic E-state index is -0.884. The molecule has 0 fully saturated rings.